The number of fused-ring (bicyclic) bond motifs is 1. The number of rotatable bonds is 2. The van der Waals surface area contributed by atoms with Gasteiger partial charge in [0.15, 0.2) is 0 Å². The zero-order valence-electron chi connectivity index (χ0n) is 8.29. The van der Waals surface area contributed by atoms with E-state index in [2.05, 4.69) is 10.2 Å². The van der Waals surface area contributed by atoms with Crippen LogP contribution in [0.1, 0.15) is 11.3 Å². The van der Waals surface area contributed by atoms with Crippen LogP contribution in [0.25, 0.3) is 10.9 Å². The van der Waals surface area contributed by atoms with Gasteiger partial charge in [-0.2, -0.15) is 5.10 Å². The largest absolute Gasteiger partial charge is 0.496 e. The summed E-state index contributed by atoms with van der Waals surface area (Å²) in [6.07, 6.45) is 0. The number of nitrogens with one attached hydrogen (secondary N) is 1. The van der Waals surface area contributed by atoms with Crippen LogP contribution in [0, 0.1) is 6.92 Å². The molecule has 1 heterocycles. The van der Waals surface area contributed by atoms with E-state index in [1.54, 1.807) is 7.11 Å². The maximum atomic E-state index is 5.61. The molecular formula is C10H13N3O. The summed E-state index contributed by atoms with van der Waals surface area (Å²) < 4.78 is 5.24. The summed E-state index contributed by atoms with van der Waals surface area (Å²) in [5, 5.41) is 8.17. The summed E-state index contributed by atoms with van der Waals surface area (Å²) in [7, 11) is 1.66. The van der Waals surface area contributed by atoms with E-state index in [-0.39, 0.29) is 0 Å². The molecule has 14 heavy (non-hydrogen) atoms. The number of nitrogens with zero attached hydrogens (tertiary/aromatic N) is 1. The highest BCUT2D eigenvalue weighted by Gasteiger charge is 2.09. The van der Waals surface area contributed by atoms with Gasteiger partial charge < -0.3 is 10.5 Å². The van der Waals surface area contributed by atoms with Crippen LogP contribution in [0.5, 0.6) is 5.75 Å². The molecule has 0 fully saturated rings. The van der Waals surface area contributed by atoms with E-state index in [1.165, 1.54) is 0 Å². The third-order valence-electron chi connectivity index (χ3n) is 2.43. The van der Waals surface area contributed by atoms with Crippen LogP contribution in [0.2, 0.25) is 0 Å². The van der Waals surface area contributed by atoms with Crippen LogP contribution in [0.15, 0.2) is 12.1 Å². The van der Waals surface area contributed by atoms with Crippen molar-refractivity contribution >= 4 is 10.9 Å². The maximum Gasteiger partial charge on any atom is 0.122 e. The molecule has 0 radical (unpaired) electrons. The number of ether oxygens (including phenoxy) is 1. The summed E-state index contributed by atoms with van der Waals surface area (Å²) in [4.78, 5) is 0. The molecule has 1 aromatic carbocycles. The molecule has 0 aliphatic rings. The molecule has 4 nitrogen and oxygen atoms in total. The van der Waals surface area contributed by atoms with E-state index < -0.39 is 0 Å². The highest BCUT2D eigenvalue weighted by Crippen LogP contribution is 2.27. The number of aromatic nitrogens is 2. The minimum atomic E-state index is 0.463. The first kappa shape index (κ1) is 9.02. The Bertz CT molecular complexity index is 462. The van der Waals surface area contributed by atoms with Crippen molar-refractivity contribution in [2.24, 2.45) is 5.73 Å². The van der Waals surface area contributed by atoms with Gasteiger partial charge in [-0.1, -0.05) is 0 Å². The summed E-state index contributed by atoms with van der Waals surface area (Å²) in [5.41, 5.74) is 8.58. The molecule has 0 saturated heterocycles. The minimum absolute atomic E-state index is 0.463. The van der Waals surface area contributed by atoms with Gasteiger partial charge in [0.25, 0.3) is 0 Å². The van der Waals surface area contributed by atoms with Gasteiger partial charge in [-0.15, -0.1) is 0 Å². The van der Waals surface area contributed by atoms with E-state index in [0.29, 0.717) is 6.54 Å². The second kappa shape index (κ2) is 3.31. The molecule has 0 unspecified atom stereocenters. The third kappa shape index (κ3) is 1.15. The Balaban J connectivity index is 2.77. The second-order valence-corrected chi connectivity index (χ2v) is 3.19. The van der Waals surface area contributed by atoms with Crippen molar-refractivity contribution in [1.29, 1.82) is 0 Å². The molecular weight excluding hydrogens is 178 g/mol. The molecule has 0 amide bonds. The number of benzene rings is 1. The Labute approximate surface area is 82.1 Å². The molecule has 4 heteroatoms. The Hall–Kier alpha value is -1.55. The van der Waals surface area contributed by atoms with Crippen LogP contribution in [-0.2, 0) is 6.54 Å². The van der Waals surface area contributed by atoms with Crippen molar-refractivity contribution in [1.82, 2.24) is 10.2 Å². The van der Waals surface area contributed by atoms with Gasteiger partial charge in [-0.3, -0.25) is 5.10 Å². The number of aromatic amines is 1. The molecule has 3 N–H and O–H groups in total. The quantitative estimate of drug-likeness (QED) is 0.752. The summed E-state index contributed by atoms with van der Waals surface area (Å²) in [5.74, 6) is 0.869. The number of hydrogen-bond acceptors (Lipinski definition) is 3. The summed E-state index contributed by atoms with van der Waals surface area (Å²) in [6.45, 7) is 2.47. The lowest BCUT2D eigenvalue weighted by molar-refractivity contribution is 0.412. The lowest BCUT2D eigenvalue weighted by Crippen LogP contribution is -1.98. The van der Waals surface area contributed by atoms with Crippen LogP contribution in [-0.4, -0.2) is 17.3 Å². The first-order chi connectivity index (χ1) is 6.77. The molecule has 0 aliphatic heterocycles. The van der Waals surface area contributed by atoms with E-state index in [0.717, 1.165) is 27.9 Å². The molecule has 2 aromatic rings. The zero-order chi connectivity index (χ0) is 10.1. The molecule has 0 bridgehead atoms. The number of nitrogens with two attached hydrogens (primary N) is 1. The lowest BCUT2D eigenvalue weighted by Gasteiger charge is -2.05. The van der Waals surface area contributed by atoms with Gasteiger partial charge in [0.05, 0.1) is 18.3 Å². The normalized spacial score (nSPS) is 10.8. The van der Waals surface area contributed by atoms with Gasteiger partial charge >= 0.3 is 0 Å². The Morgan fingerprint density at radius 1 is 1.50 bits per heavy atom. The first-order valence-electron chi connectivity index (χ1n) is 4.48. The summed E-state index contributed by atoms with van der Waals surface area (Å²) >= 11 is 0. The van der Waals surface area contributed by atoms with Gasteiger partial charge in [-0.25, -0.2) is 0 Å². The standard InChI is InChI=1S/C10H13N3O/c1-6-9(14-2)4-3-7-10(6)8(5-11)13-12-7/h3-4H,5,11H2,1-2H3,(H,12,13). The minimum Gasteiger partial charge on any atom is -0.496 e. The third-order valence-corrected chi connectivity index (χ3v) is 2.43. The Kier molecular flexibility index (Phi) is 2.13. The molecule has 2 rings (SSSR count). The van der Waals surface area contributed by atoms with Crippen LogP contribution in [0.4, 0.5) is 0 Å². The highest BCUT2D eigenvalue weighted by molar-refractivity contribution is 5.86. The molecule has 0 aliphatic carbocycles. The topological polar surface area (TPSA) is 63.9 Å². The van der Waals surface area contributed by atoms with Crippen LogP contribution < -0.4 is 10.5 Å². The monoisotopic (exact) mass is 191 g/mol. The maximum absolute atomic E-state index is 5.61. The van der Waals surface area contributed by atoms with Gasteiger partial charge in [0.2, 0.25) is 0 Å². The number of methoxy groups -OCH3 is 1. The van der Waals surface area contributed by atoms with E-state index >= 15 is 0 Å². The average molecular weight is 191 g/mol. The van der Waals surface area contributed by atoms with E-state index in [9.17, 15) is 0 Å². The number of hydrogen-bond donors (Lipinski definition) is 2. The van der Waals surface area contributed by atoms with Crippen molar-refractivity contribution in [2.75, 3.05) is 7.11 Å². The van der Waals surface area contributed by atoms with E-state index in [1.807, 2.05) is 19.1 Å². The van der Waals surface area contributed by atoms with Crippen molar-refractivity contribution < 1.29 is 4.74 Å². The SMILES string of the molecule is COc1ccc2n[nH]c(CN)c2c1C. The van der Waals surface area contributed by atoms with Crippen molar-refractivity contribution in [2.45, 2.75) is 13.5 Å². The van der Waals surface area contributed by atoms with Gasteiger partial charge in [-0.05, 0) is 19.1 Å². The predicted molar refractivity (Wildman–Crippen MR) is 55.3 cm³/mol. The molecule has 0 atom stereocenters. The highest BCUT2D eigenvalue weighted by atomic mass is 16.5. The lowest BCUT2D eigenvalue weighted by atomic mass is 10.1. The average Bonchev–Trinajstić information content (AvgIpc) is 2.62. The second-order valence-electron chi connectivity index (χ2n) is 3.19. The fourth-order valence-corrected chi connectivity index (χ4v) is 1.70. The fraction of sp³-hybridized carbons (Fsp3) is 0.300. The smallest absolute Gasteiger partial charge is 0.122 e. The van der Waals surface area contributed by atoms with Gasteiger partial charge in [0, 0.05) is 17.5 Å². The first-order valence-corrected chi connectivity index (χ1v) is 4.48. The Morgan fingerprint density at radius 3 is 2.93 bits per heavy atom. The van der Waals surface area contributed by atoms with E-state index in [4.69, 9.17) is 10.5 Å². The van der Waals surface area contributed by atoms with Gasteiger partial charge in [0.1, 0.15) is 5.75 Å². The van der Waals surface area contributed by atoms with Crippen molar-refractivity contribution in [3.05, 3.63) is 23.4 Å². The predicted octanol–water partition coefficient (Wildman–Crippen LogP) is 1.34. The molecule has 0 spiro atoms. The zero-order valence-corrected chi connectivity index (χ0v) is 8.29. The molecule has 0 saturated carbocycles. The number of aryl methyl sites for hydroxylation is 1. The number of H-pyrrole nitrogens is 1. The summed E-state index contributed by atoms with van der Waals surface area (Å²) in [6, 6.07) is 3.84. The van der Waals surface area contributed by atoms with Crippen molar-refractivity contribution in [3.8, 4) is 5.75 Å². The van der Waals surface area contributed by atoms with Crippen LogP contribution in [0.3, 0.4) is 0 Å². The van der Waals surface area contributed by atoms with Crippen LogP contribution >= 0.6 is 0 Å². The van der Waals surface area contributed by atoms with Crippen molar-refractivity contribution in [3.63, 3.8) is 0 Å². The Morgan fingerprint density at radius 2 is 2.29 bits per heavy atom. The molecule has 1 aromatic heterocycles. The fourth-order valence-electron chi connectivity index (χ4n) is 1.70. The molecule has 74 valence electrons.